The first-order valence-electron chi connectivity index (χ1n) is 8.57. The average Bonchev–Trinajstić information content (AvgIpc) is 2.63. The molecule has 1 aliphatic heterocycles. The van der Waals surface area contributed by atoms with E-state index in [1.165, 1.54) is 6.07 Å². The number of carbonyl (C=O) groups is 1. The van der Waals surface area contributed by atoms with Gasteiger partial charge in [-0.15, -0.1) is 0 Å². The molecular formula is C20H23FN2O. The number of anilines is 2. The van der Waals surface area contributed by atoms with Crippen LogP contribution in [0, 0.1) is 11.7 Å². The third-order valence-electron chi connectivity index (χ3n) is 4.72. The summed E-state index contributed by atoms with van der Waals surface area (Å²) < 4.78 is 13.9. The Morgan fingerprint density at radius 1 is 1.12 bits per heavy atom. The molecule has 4 heteroatoms. The number of para-hydroxylation sites is 2. The van der Waals surface area contributed by atoms with Crippen molar-refractivity contribution in [2.45, 2.75) is 26.2 Å². The van der Waals surface area contributed by atoms with Crippen LogP contribution >= 0.6 is 0 Å². The zero-order chi connectivity index (χ0) is 16.9. The molecule has 0 aromatic heterocycles. The maximum atomic E-state index is 13.9. The number of carbonyl (C=O) groups excluding carboxylic acids is 1. The van der Waals surface area contributed by atoms with Crippen LogP contribution in [0.1, 0.15) is 25.3 Å². The minimum atomic E-state index is -0.197. The summed E-state index contributed by atoms with van der Waals surface area (Å²) in [5.74, 6) is -0.140. The molecule has 0 atom stereocenters. The molecule has 126 valence electrons. The van der Waals surface area contributed by atoms with Crippen molar-refractivity contribution in [1.82, 2.24) is 0 Å². The Kier molecular flexibility index (Phi) is 5.14. The van der Waals surface area contributed by atoms with Gasteiger partial charge in [-0.05, 0) is 43.0 Å². The summed E-state index contributed by atoms with van der Waals surface area (Å²) >= 11 is 0. The number of nitrogens with zero attached hydrogens (tertiary/aromatic N) is 1. The number of halogens is 1. The predicted octanol–water partition coefficient (Wildman–Crippen LogP) is 4.24. The number of hydrogen-bond donors (Lipinski definition) is 1. The van der Waals surface area contributed by atoms with Gasteiger partial charge in [0.15, 0.2) is 0 Å². The molecule has 1 fully saturated rings. The van der Waals surface area contributed by atoms with E-state index in [2.05, 4.69) is 12.2 Å². The Labute approximate surface area is 142 Å². The number of benzene rings is 2. The minimum Gasteiger partial charge on any atom is -0.369 e. The quantitative estimate of drug-likeness (QED) is 0.911. The molecular weight excluding hydrogens is 303 g/mol. The third-order valence-corrected chi connectivity index (χ3v) is 4.72. The molecule has 1 aliphatic rings. The van der Waals surface area contributed by atoms with Gasteiger partial charge in [0, 0.05) is 24.7 Å². The highest BCUT2D eigenvalue weighted by molar-refractivity contribution is 5.93. The summed E-state index contributed by atoms with van der Waals surface area (Å²) in [4.78, 5) is 14.6. The highest BCUT2D eigenvalue weighted by atomic mass is 19.1. The summed E-state index contributed by atoms with van der Waals surface area (Å²) in [7, 11) is 0. The molecule has 0 radical (unpaired) electrons. The van der Waals surface area contributed by atoms with E-state index in [0.717, 1.165) is 30.5 Å². The number of aryl methyl sites for hydroxylation is 1. The summed E-state index contributed by atoms with van der Waals surface area (Å²) in [6.07, 6.45) is 2.38. The number of hydrogen-bond acceptors (Lipinski definition) is 2. The second kappa shape index (κ2) is 7.47. The normalized spacial score (nSPS) is 15.3. The monoisotopic (exact) mass is 326 g/mol. The van der Waals surface area contributed by atoms with Gasteiger partial charge >= 0.3 is 0 Å². The van der Waals surface area contributed by atoms with E-state index in [9.17, 15) is 9.18 Å². The predicted molar refractivity (Wildman–Crippen MR) is 95.8 cm³/mol. The lowest BCUT2D eigenvalue weighted by atomic mass is 9.95. The molecule has 0 unspecified atom stereocenters. The molecule has 1 saturated heterocycles. The van der Waals surface area contributed by atoms with Crippen molar-refractivity contribution in [3.8, 4) is 0 Å². The first kappa shape index (κ1) is 16.5. The van der Waals surface area contributed by atoms with Gasteiger partial charge in [-0.2, -0.15) is 0 Å². The van der Waals surface area contributed by atoms with Crippen molar-refractivity contribution in [2.24, 2.45) is 5.92 Å². The van der Waals surface area contributed by atoms with E-state index in [-0.39, 0.29) is 17.6 Å². The van der Waals surface area contributed by atoms with Crippen molar-refractivity contribution in [1.29, 1.82) is 0 Å². The Morgan fingerprint density at radius 2 is 1.79 bits per heavy atom. The van der Waals surface area contributed by atoms with Crippen LogP contribution in [0.25, 0.3) is 0 Å². The fourth-order valence-electron chi connectivity index (χ4n) is 3.28. The molecule has 2 aromatic rings. The van der Waals surface area contributed by atoms with Crippen LogP contribution in [-0.2, 0) is 11.2 Å². The van der Waals surface area contributed by atoms with Crippen LogP contribution in [-0.4, -0.2) is 19.0 Å². The van der Waals surface area contributed by atoms with Gasteiger partial charge in [0.1, 0.15) is 5.82 Å². The molecule has 3 nitrogen and oxygen atoms in total. The fraction of sp³-hybridized carbons (Fsp3) is 0.350. The lowest BCUT2D eigenvalue weighted by molar-refractivity contribution is -0.120. The van der Waals surface area contributed by atoms with Gasteiger partial charge in [-0.25, -0.2) is 4.39 Å². The number of rotatable bonds is 4. The second-order valence-corrected chi connectivity index (χ2v) is 6.21. The topological polar surface area (TPSA) is 32.3 Å². The van der Waals surface area contributed by atoms with Crippen LogP contribution in [0.3, 0.4) is 0 Å². The van der Waals surface area contributed by atoms with Crippen molar-refractivity contribution >= 4 is 17.3 Å². The zero-order valence-corrected chi connectivity index (χ0v) is 14.0. The van der Waals surface area contributed by atoms with Crippen molar-refractivity contribution in [2.75, 3.05) is 23.3 Å². The van der Waals surface area contributed by atoms with Crippen LogP contribution in [0.4, 0.5) is 15.8 Å². The first-order chi connectivity index (χ1) is 11.7. The van der Waals surface area contributed by atoms with Gasteiger partial charge in [-0.1, -0.05) is 37.3 Å². The molecule has 24 heavy (non-hydrogen) atoms. The minimum absolute atomic E-state index is 0.0158. The van der Waals surface area contributed by atoms with Gasteiger partial charge in [0.25, 0.3) is 0 Å². The van der Waals surface area contributed by atoms with Crippen molar-refractivity contribution in [3.63, 3.8) is 0 Å². The number of piperidine rings is 1. The lowest BCUT2D eigenvalue weighted by Gasteiger charge is -2.33. The van der Waals surface area contributed by atoms with Crippen LogP contribution in [0.2, 0.25) is 0 Å². The smallest absolute Gasteiger partial charge is 0.227 e. The highest BCUT2D eigenvalue weighted by Gasteiger charge is 2.26. The standard InChI is InChI=1S/C20H23FN2O/c1-2-15-7-3-5-9-18(15)22-20(24)16-11-13-23(14-12-16)19-10-6-4-8-17(19)21/h3-10,16H,2,11-14H2,1H3,(H,22,24). The largest absolute Gasteiger partial charge is 0.369 e. The first-order valence-corrected chi connectivity index (χ1v) is 8.57. The van der Waals surface area contributed by atoms with Gasteiger partial charge in [0.05, 0.1) is 5.69 Å². The maximum absolute atomic E-state index is 13.9. The van der Waals surface area contributed by atoms with E-state index >= 15 is 0 Å². The summed E-state index contributed by atoms with van der Waals surface area (Å²) in [6, 6.07) is 14.7. The van der Waals surface area contributed by atoms with Crippen LogP contribution in [0.5, 0.6) is 0 Å². The van der Waals surface area contributed by atoms with Crippen molar-refractivity contribution < 1.29 is 9.18 Å². The number of nitrogens with one attached hydrogen (secondary N) is 1. The van der Waals surface area contributed by atoms with Crippen LogP contribution in [0.15, 0.2) is 48.5 Å². The molecule has 3 rings (SSSR count). The lowest BCUT2D eigenvalue weighted by Crippen LogP contribution is -2.38. The molecule has 2 aromatic carbocycles. The van der Waals surface area contributed by atoms with E-state index < -0.39 is 0 Å². The van der Waals surface area contributed by atoms with Gasteiger partial charge in [-0.3, -0.25) is 4.79 Å². The third kappa shape index (κ3) is 3.58. The van der Waals surface area contributed by atoms with E-state index in [1.807, 2.05) is 35.2 Å². The summed E-state index contributed by atoms with van der Waals surface area (Å²) in [5.41, 5.74) is 2.68. The SMILES string of the molecule is CCc1ccccc1NC(=O)C1CCN(c2ccccc2F)CC1. The van der Waals surface area contributed by atoms with Crippen molar-refractivity contribution in [3.05, 3.63) is 59.9 Å². The number of amides is 1. The maximum Gasteiger partial charge on any atom is 0.227 e. The fourth-order valence-corrected chi connectivity index (χ4v) is 3.28. The second-order valence-electron chi connectivity index (χ2n) is 6.21. The molecule has 0 aliphatic carbocycles. The zero-order valence-electron chi connectivity index (χ0n) is 14.0. The molecule has 0 saturated carbocycles. The molecule has 0 bridgehead atoms. The summed E-state index contributed by atoms with van der Waals surface area (Å²) in [5, 5.41) is 3.07. The molecule has 0 spiro atoms. The molecule has 1 N–H and O–H groups in total. The van der Waals surface area contributed by atoms with E-state index in [0.29, 0.717) is 18.8 Å². The molecule has 1 amide bonds. The highest BCUT2D eigenvalue weighted by Crippen LogP contribution is 2.26. The summed E-state index contributed by atoms with van der Waals surface area (Å²) in [6.45, 7) is 3.49. The average molecular weight is 326 g/mol. The van der Waals surface area contributed by atoms with Gasteiger partial charge in [0.2, 0.25) is 5.91 Å². The Hall–Kier alpha value is -2.36. The van der Waals surface area contributed by atoms with E-state index in [1.54, 1.807) is 12.1 Å². The van der Waals surface area contributed by atoms with Gasteiger partial charge < -0.3 is 10.2 Å². The Bertz CT molecular complexity index is 708. The Morgan fingerprint density at radius 3 is 2.50 bits per heavy atom. The molecule has 1 heterocycles. The Balaban J connectivity index is 1.60. The van der Waals surface area contributed by atoms with E-state index in [4.69, 9.17) is 0 Å². The van der Waals surface area contributed by atoms with Crippen LogP contribution < -0.4 is 10.2 Å².